The second-order valence-corrected chi connectivity index (χ2v) is 10.6. The highest BCUT2D eigenvalue weighted by Gasteiger charge is 2.23. The molecule has 6 heteroatoms. The number of nitrogens with one attached hydrogen (secondary N) is 2. The van der Waals surface area contributed by atoms with E-state index >= 15 is 0 Å². The summed E-state index contributed by atoms with van der Waals surface area (Å²) in [6.07, 6.45) is 3.65. The van der Waals surface area contributed by atoms with Gasteiger partial charge in [-0.2, -0.15) is 5.26 Å². The Morgan fingerprint density at radius 1 is 1.17 bits per heavy atom. The lowest BCUT2D eigenvalue weighted by Gasteiger charge is -2.16. The van der Waals surface area contributed by atoms with Crippen molar-refractivity contribution in [1.29, 1.82) is 5.26 Å². The van der Waals surface area contributed by atoms with Crippen molar-refractivity contribution in [3.63, 3.8) is 0 Å². The van der Waals surface area contributed by atoms with Gasteiger partial charge in [-0.3, -0.25) is 0 Å². The number of rotatable bonds is 6. The minimum atomic E-state index is 0.265. The van der Waals surface area contributed by atoms with Gasteiger partial charge < -0.3 is 15.2 Å². The fraction of sp³-hybridized carbons (Fsp3) is 0.241. The van der Waals surface area contributed by atoms with Crippen LogP contribution in [0.25, 0.3) is 31.6 Å². The van der Waals surface area contributed by atoms with Crippen molar-refractivity contribution in [2.45, 2.75) is 33.2 Å². The van der Waals surface area contributed by atoms with Gasteiger partial charge in [0.25, 0.3) is 0 Å². The maximum Gasteiger partial charge on any atom is 0.126 e. The highest BCUT2D eigenvalue weighted by atomic mass is 32.1. The third-order valence-electron chi connectivity index (χ3n) is 6.41. The SMILES string of the molecule is Cc1c(Nc2c(C#N)cnc3sc(-c4cccc(CN(C)C)c4)c(C(C)C)c23)ccc2[nH]ccc12. The van der Waals surface area contributed by atoms with Crippen LogP contribution in [0.5, 0.6) is 0 Å². The number of benzene rings is 2. The molecule has 0 saturated heterocycles. The van der Waals surface area contributed by atoms with Gasteiger partial charge in [0.05, 0.1) is 11.3 Å². The molecule has 0 bridgehead atoms. The minimum absolute atomic E-state index is 0.265. The number of thiophene rings is 1. The Hall–Kier alpha value is -3.66. The first-order valence-corrected chi connectivity index (χ1v) is 12.6. The Morgan fingerprint density at radius 3 is 2.74 bits per heavy atom. The zero-order valence-corrected chi connectivity index (χ0v) is 21.5. The second kappa shape index (κ2) is 9.18. The van der Waals surface area contributed by atoms with Gasteiger partial charge in [0, 0.05) is 45.8 Å². The molecule has 5 aromatic rings. The van der Waals surface area contributed by atoms with Crippen LogP contribution >= 0.6 is 11.3 Å². The molecule has 5 rings (SSSR count). The second-order valence-electron chi connectivity index (χ2n) is 9.58. The van der Waals surface area contributed by atoms with Crippen LogP contribution in [0.2, 0.25) is 0 Å². The number of aromatic nitrogens is 2. The number of anilines is 2. The number of hydrogen-bond donors (Lipinski definition) is 2. The van der Waals surface area contributed by atoms with Gasteiger partial charge in [0.15, 0.2) is 0 Å². The molecule has 2 N–H and O–H groups in total. The number of fused-ring (bicyclic) bond motifs is 2. The van der Waals surface area contributed by atoms with Gasteiger partial charge >= 0.3 is 0 Å². The van der Waals surface area contributed by atoms with Gasteiger partial charge in [-0.05, 0) is 73.5 Å². The van der Waals surface area contributed by atoms with Crippen LogP contribution in [0.15, 0.2) is 54.9 Å². The summed E-state index contributed by atoms with van der Waals surface area (Å²) < 4.78 is 0. The molecule has 0 radical (unpaired) electrons. The summed E-state index contributed by atoms with van der Waals surface area (Å²) in [6.45, 7) is 7.44. The molecule has 3 heterocycles. The molecule has 0 unspecified atom stereocenters. The van der Waals surface area contributed by atoms with E-state index in [0.717, 1.165) is 39.2 Å². The average molecular weight is 480 g/mol. The van der Waals surface area contributed by atoms with Crippen LogP contribution in [0.1, 0.15) is 42.0 Å². The number of pyridine rings is 1. The van der Waals surface area contributed by atoms with Crippen molar-refractivity contribution >= 4 is 43.8 Å². The highest BCUT2D eigenvalue weighted by molar-refractivity contribution is 7.22. The fourth-order valence-corrected chi connectivity index (χ4v) is 6.10. The van der Waals surface area contributed by atoms with E-state index in [1.165, 1.54) is 27.0 Å². The van der Waals surface area contributed by atoms with Crippen molar-refractivity contribution < 1.29 is 0 Å². The van der Waals surface area contributed by atoms with E-state index in [2.05, 4.69) is 98.6 Å². The summed E-state index contributed by atoms with van der Waals surface area (Å²) in [5.41, 5.74) is 8.35. The predicted molar refractivity (Wildman–Crippen MR) is 148 cm³/mol. The van der Waals surface area contributed by atoms with Gasteiger partial charge in [-0.25, -0.2) is 4.98 Å². The zero-order valence-electron chi connectivity index (χ0n) is 20.7. The van der Waals surface area contributed by atoms with Gasteiger partial charge in [0.1, 0.15) is 10.9 Å². The van der Waals surface area contributed by atoms with Crippen LogP contribution in [0, 0.1) is 18.3 Å². The lowest BCUT2D eigenvalue weighted by Crippen LogP contribution is -2.10. The third kappa shape index (κ3) is 4.18. The van der Waals surface area contributed by atoms with E-state index in [-0.39, 0.29) is 5.92 Å². The maximum absolute atomic E-state index is 10.0. The maximum atomic E-state index is 10.0. The molecule has 0 atom stereocenters. The predicted octanol–water partition coefficient (Wildman–Crippen LogP) is 7.55. The summed E-state index contributed by atoms with van der Waals surface area (Å²) in [4.78, 5) is 12.3. The van der Waals surface area contributed by atoms with E-state index in [0.29, 0.717) is 5.56 Å². The van der Waals surface area contributed by atoms with Crippen molar-refractivity contribution in [2.75, 3.05) is 19.4 Å². The summed E-state index contributed by atoms with van der Waals surface area (Å²) >= 11 is 1.71. The van der Waals surface area contributed by atoms with Crippen LogP contribution in [0.4, 0.5) is 11.4 Å². The topological polar surface area (TPSA) is 67.7 Å². The molecule has 0 fully saturated rings. The van der Waals surface area contributed by atoms with Crippen LogP contribution in [0.3, 0.4) is 0 Å². The molecule has 0 aliphatic rings. The third-order valence-corrected chi connectivity index (χ3v) is 7.57. The molecule has 0 saturated carbocycles. The van der Waals surface area contributed by atoms with E-state index in [1.807, 2.05) is 6.20 Å². The monoisotopic (exact) mass is 479 g/mol. The molecule has 176 valence electrons. The number of aromatic amines is 1. The van der Waals surface area contributed by atoms with Gasteiger partial charge in [-0.1, -0.05) is 32.0 Å². The zero-order chi connectivity index (χ0) is 24.7. The minimum Gasteiger partial charge on any atom is -0.361 e. The van der Waals surface area contributed by atoms with Crippen LogP contribution in [-0.4, -0.2) is 29.0 Å². The Morgan fingerprint density at radius 2 is 2.00 bits per heavy atom. The number of hydrogen-bond acceptors (Lipinski definition) is 5. The number of aryl methyl sites for hydroxylation is 1. The van der Waals surface area contributed by atoms with Gasteiger partial charge in [0.2, 0.25) is 0 Å². The van der Waals surface area contributed by atoms with E-state index < -0.39 is 0 Å². The first-order valence-electron chi connectivity index (χ1n) is 11.8. The molecule has 0 amide bonds. The normalized spacial score (nSPS) is 11.6. The van der Waals surface area contributed by atoms with Crippen molar-refractivity contribution in [3.05, 3.63) is 77.1 Å². The van der Waals surface area contributed by atoms with Gasteiger partial charge in [-0.15, -0.1) is 11.3 Å². The lowest BCUT2D eigenvalue weighted by atomic mass is 9.95. The Kier molecular flexibility index (Phi) is 6.06. The number of nitriles is 1. The van der Waals surface area contributed by atoms with Crippen LogP contribution < -0.4 is 5.32 Å². The smallest absolute Gasteiger partial charge is 0.126 e. The molecule has 2 aromatic carbocycles. The van der Waals surface area contributed by atoms with E-state index in [9.17, 15) is 5.26 Å². The first-order chi connectivity index (χ1) is 16.9. The lowest BCUT2D eigenvalue weighted by molar-refractivity contribution is 0.402. The summed E-state index contributed by atoms with van der Waals surface area (Å²) in [5, 5.41) is 15.9. The number of nitrogens with zero attached hydrogens (tertiary/aromatic N) is 3. The largest absolute Gasteiger partial charge is 0.361 e. The van der Waals surface area contributed by atoms with Crippen molar-refractivity contribution in [1.82, 2.24) is 14.9 Å². The molecule has 35 heavy (non-hydrogen) atoms. The average Bonchev–Trinajstić information content (AvgIpc) is 3.46. The molecule has 0 aliphatic carbocycles. The Balaban J connectivity index is 1.72. The molecule has 0 spiro atoms. The molecular weight excluding hydrogens is 450 g/mol. The first kappa shape index (κ1) is 23.1. The fourth-order valence-electron chi connectivity index (χ4n) is 4.80. The standard InChI is InChI=1S/C29H29N5S/c1-17(2)25-26-27(33-23-9-10-24-22(18(23)3)11-12-31-24)21(14-30)15-32-29(26)35-28(25)20-8-6-7-19(13-20)16-34(4)5/h6-13,15,17,31H,16H2,1-5H3,(H,32,33). The van der Waals surface area contributed by atoms with E-state index in [1.54, 1.807) is 17.5 Å². The highest BCUT2D eigenvalue weighted by Crippen LogP contribution is 2.46. The molecule has 5 nitrogen and oxygen atoms in total. The van der Waals surface area contributed by atoms with Crippen molar-refractivity contribution in [2.24, 2.45) is 0 Å². The Bertz CT molecular complexity index is 1580. The van der Waals surface area contributed by atoms with Crippen LogP contribution in [-0.2, 0) is 6.54 Å². The summed E-state index contributed by atoms with van der Waals surface area (Å²) in [6, 6.07) is 17.4. The molecule has 0 aliphatic heterocycles. The quantitative estimate of drug-likeness (QED) is 0.264. The summed E-state index contributed by atoms with van der Waals surface area (Å²) in [5.74, 6) is 0.265. The Labute approximate surface area is 210 Å². The number of H-pyrrole nitrogens is 1. The molecular formula is C29H29N5S. The molecule has 3 aromatic heterocycles. The van der Waals surface area contributed by atoms with Crippen molar-refractivity contribution in [3.8, 4) is 16.5 Å². The van der Waals surface area contributed by atoms with E-state index in [4.69, 9.17) is 4.98 Å². The summed E-state index contributed by atoms with van der Waals surface area (Å²) in [7, 11) is 4.17.